The van der Waals surface area contributed by atoms with E-state index in [0.29, 0.717) is 6.61 Å². The molecule has 0 radical (unpaired) electrons. The second-order valence-electron chi connectivity index (χ2n) is 2.95. The van der Waals surface area contributed by atoms with Gasteiger partial charge in [-0.1, -0.05) is 7.43 Å². The Morgan fingerprint density at radius 2 is 1.60 bits per heavy atom. The van der Waals surface area contributed by atoms with E-state index in [2.05, 4.69) is 19.6 Å². The van der Waals surface area contributed by atoms with E-state index in [-0.39, 0.29) is 7.43 Å². The standard InChI is InChI=1S/C6H16O2Si.CH4/c1-7-5-6-8-9(2,3)4;/h5-6H2,1-4H3;1H4. The van der Waals surface area contributed by atoms with Gasteiger partial charge in [0.25, 0.3) is 0 Å². The van der Waals surface area contributed by atoms with Crippen LogP contribution in [0.4, 0.5) is 0 Å². The summed E-state index contributed by atoms with van der Waals surface area (Å²) in [4.78, 5) is 0. The van der Waals surface area contributed by atoms with Gasteiger partial charge in [-0.05, 0) is 19.6 Å². The molecule has 0 spiro atoms. The van der Waals surface area contributed by atoms with Crippen molar-refractivity contribution in [3.63, 3.8) is 0 Å². The fraction of sp³-hybridized carbons (Fsp3) is 1.00. The zero-order chi connectivity index (χ0) is 7.33. The third-order valence-corrected chi connectivity index (χ3v) is 1.89. The minimum absolute atomic E-state index is 0. The fourth-order valence-corrected chi connectivity index (χ4v) is 1.13. The van der Waals surface area contributed by atoms with Crippen molar-refractivity contribution in [2.24, 2.45) is 0 Å². The van der Waals surface area contributed by atoms with Crippen LogP contribution in [0.2, 0.25) is 19.6 Å². The van der Waals surface area contributed by atoms with Gasteiger partial charge in [-0.2, -0.15) is 0 Å². The quantitative estimate of drug-likeness (QED) is 0.468. The highest BCUT2D eigenvalue weighted by molar-refractivity contribution is 6.69. The molecule has 0 saturated carbocycles. The minimum Gasteiger partial charge on any atom is -0.415 e. The maximum atomic E-state index is 5.48. The predicted molar refractivity (Wildman–Crippen MR) is 47.9 cm³/mol. The fourth-order valence-electron chi connectivity index (χ4n) is 0.431. The summed E-state index contributed by atoms with van der Waals surface area (Å²) >= 11 is 0. The van der Waals surface area contributed by atoms with Crippen LogP contribution < -0.4 is 0 Å². The van der Waals surface area contributed by atoms with E-state index in [1.807, 2.05) is 0 Å². The Morgan fingerprint density at radius 1 is 1.10 bits per heavy atom. The Labute approximate surface area is 65.7 Å². The summed E-state index contributed by atoms with van der Waals surface area (Å²) in [5.74, 6) is 0. The second-order valence-corrected chi connectivity index (χ2v) is 7.47. The van der Waals surface area contributed by atoms with Crippen LogP contribution in [-0.4, -0.2) is 28.6 Å². The maximum Gasteiger partial charge on any atom is 0.183 e. The predicted octanol–water partition coefficient (Wildman–Crippen LogP) is 2.12. The summed E-state index contributed by atoms with van der Waals surface area (Å²) in [6.07, 6.45) is 0. The number of hydrogen-bond donors (Lipinski definition) is 0. The number of rotatable bonds is 4. The molecule has 0 aromatic carbocycles. The zero-order valence-corrected chi connectivity index (χ0v) is 7.73. The Balaban J connectivity index is 0. The molecule has 0 fully saturated rings. The SMILES string of the molecule is C.COCCO[Si](C)(C)C. The summed E-state index contributed by atoms with van der Waals surface area (Å²) in [6, 6.07) is 0. The molecule has 0 N–H and O–H groups in total. The first kappa shape index (κ1) is 12.8. The van der Waals surface area contributed by atoms with Gasteiger partial charge in [0.15, 0.2) is 8.32 Å². The summed E-state index contributed by atoms with van der Waals surface area (Å²) in [5, 5.41) is 0. The highest BCUT2D eigenvalue weighted by Gasteiger charge is 2.12. The molecule has 0 saturated heterocycles. The number of hydrogen-bond acceptors (Lipinski definition) is 2. The lowest BCUT2D eigenvalue weighted by Gasteiger charge is -2.16. The van der Waals surface area contributed by atoms with Crippen molar-refractivity contribution < 1.29 is 9.16 Å². The molecule has 0 heterocycles. The monoisotopic (exact) mass is 164 g/mol. The van der Waals surface area contributed by atoms with Crippen LogP contribution in [0.1, 0.15) is 7.43 Å². The van der Waals surface area contributed by atoms with Gasteiger partial charge in [0, 0.05) is 7.11 Å². The smallest absolute Gasteiger partial charge is 0.183 e. The van der Waals surface area contributed by atoms with Crippen molar-refractivity contribution in [2.75, 3.05) is 20.3 Å². The molecule has 0 aliphatic heterocycles. The molecular weight excluding hydrogens is 144 g/mol. The third kappa shape index (κ3) is 11.0. The molecule has 0 aliphatic carbocycles. The normalized spacial score (nSPS) is 10.8. The maximum absolute atomic E-state index is 5.48. The largest absolute Gasteiger partial charge is 0.415 e. The Bertz CT molecular complexity index is 68.5. The molecule has 0 atom stereocenters. The second kappa shape index (κ2) is 5.89. The highest BCUT2D eigenvalue weighted by atomic mass is 28.4. The first-order chi connectivity index (χ1) is 4.06. The summed E-state index contributed by atoms with van der Waals surface area (Å²) in [6.45, 7) is 7.96. The topological polar surface area (TPSA) is 18.5 Å². The molecule has 2 nitrogen and oxygen atoms in total. The minimum atomic E-state index is -1.27. The van der Waals surface area contributed by atoms with Gasteiger partial charge in [-0.25, -0.2) is 0 Å². The van der Waals surface area contributed by atoms with Crippen LogP contribution >= 0.6 is 0 Å². The van der Waals surface area contributed by atoms with E-state index in [0.717, 1.165) is 6.61 Å². The zero-order valence-electron chi connectivity index (χ0n) is 6.73. The molecule has 0 aliphatic rings. The van der Waals surface area contributed by atoms with Gasteiger partial charge in [-0.15, -0.1) is 0 Å². The van der Waals surface area contributed by atoms with Gasteiger partial charge < -0.3 is 9.16 Å². The molecule has 0 unspecified atom stereocenters. The number of methoxy groups -OCH3 is 1. The average Bonchev–Trinajstić information content (AvgIpc) is 1.63. The lowest BCUT2D eigenvalue weighted by molar-refractivity contribution is 0.143. The molecule has 0 aromatic rings. The van der Waals surface area contributed by atoms with Gasteiger partial charge >= 0.3 is 0 Å². The Kier molecular flexibility index (Phi) is 7.52. The van der Waals surface area contributed by atoms with Crippen molar-refractivity contribution in [1.82, 2.24) is 0 Å². The molecule has 0 rings (SSSR count). The molecular formula is C7H20O2Si. The Hall–Kier alpha value is 0.137. The van der Waals surface area contributed by atoms with Crippen LogP contribution in [0.25, 0.3) is 0 Å². The van der Waals surface area contributed by atoms with Crippen molar-refractivity contribution >= 4 is 8.32 Å². The molecule has 64 valence electrons. The molecule has 10 heavy (non-hydrogen) atoms. The van der Waals surface area contributed by atoms with Crippen LogP contribution in [-0.2, 0) is 9.16 Å². The lowest BCUT2D eigenvalue weighted by atomic mass is 10.8. The van der Waals surface area contributed by atoms with E-state index in [9.17, 15) is 0 Å². The van der Waals surface area contributed by atoms with Crippen LogP contribution in [0, 0.1) is 0 Å². The van der Waals surface area contributed by atoms with Crippen LogP contribution in [0.15, 0.2) is 0 Å². The molecule has 0 aromatic heterocycles. The third-order valence-electron chi connectivity index (χ3n) is 0.823. The van der Waals surface area contributed by atoms with Crippen molar-refractivity contribution in [3.05, 3.63) is 0 Å². The van der Waals surface area contributed by atoms with Gasteiger partial charge in [-0.3, -0.25) is 0 Å². The van der Waals surface area contributed by atoms with E-state index in [1.165, 1.54) is 0 Å². The van der Waals surface area contributed by atoms with Crippen LogP contribution in [0.5, 0.6) is 0 Å². The van der Waals surface area contributed by atoms with Crippen molar-refractivity contribution in [2.45, 2.75) is 27.1 Å². The van der Waals surface area contributed by atoms with Gasteiger partial charge in [0.2, 0.25) is 0 Å². The van der Waals surface area contributed by atoms with E-state index < -0.39 is 8.32 Å². The number of ether oxygens (including phenoxy) is 1. The van der Waals surface area contributed by atoms with E-state index in [1.54, 1.807) is 7.11 Å². The highest BCUT2D eigenvalue weighted by Crippen LogP contribution is 2.00. The van der Waals surface area contributed by atoms with Crippen molar-refractivity contribution in [1.29, 1.82) is 0 Å². The molecule has 3 heteroatoms. The first-order valence-electron chi connectivity index (χ1n) is 3.19. The first-order valence-corrected chi connectivity index (χ1v) is 6.60. The Morgan fingerprint density at radius 3 is 1.90 bits per heavy atom. The van der Waals surface area contributed by atoms with Crippen molar-refractivity contribution in [3.8, 4) is 0 Å². The summed E-state index contributed by atoms with van der Waals surface area (Å²) in [5.41, 5.74) is 0. The van der Waals surface area contributed by atoms with E-state index >= 15 is 0 Å². The summed E-state index contributed by atoms with van der Waals surface area (Å²) < 4.78 is 10.3. The molecule has 0 amide bonds. The summed E-state index contributed by atoms with van der Waals surface area (Å²) in [7, 11) is 0.414. The lowest BCUT2D eigenvalue weighted by Crippen LogP contribution is -2.27. The van der Waals surface area contributed by atoms with E-state index in [4.69, 9.17) is 9.16 Å². The van der Waals surface area contributed by atoms with Gasteiger partial charge in [0.05, 0.1) is 13.2 Å². The van der Waals surface area contributed by atoms with Crippen LogP contribution in [0.3, 0.4) is 0 Å². The molecule has 0 bridgehead atoms. The average molecular weight is 164 g/mol. The van der Waals surface area contributed by atoms with Gasteiger partial charge in [0.1, 0.15) is 0 Å².